The number of carbonyl (C=O) groups excluding carboxylic acids is 1. The van der Waals surface area contributed by atoms with E-state index in [0.29, 0.717) is 23.9 Å². The highest BCUT2D eigenvalue weighted by Gasteiger charge is 2.36. The number of aryl methyl sites for hydroxylation is 1. The Labute approximate surface area is 210 Å². The van der Waals surface area contributed by atoms with Crippen LogP contribution in [0.15, 0.2) is 72.8 Å². The Bertz CT molecular complexity index is 1040. The first kappa shape index (κ1) is 25.9. The predicted octanol–water partition coefficient (Wildman–Crippen LogP) is 5.63. The van der Waals surface area contributed by atoms with E-state index in [1.807, 2.05) is 74.5 Å². The number of likely N-dealkylation sites (N-methyl/N-ethyl adjacent to an activating group) is 1. The number of carbonyl (C=O) groups is 2. The van der Waals surface area contributed by atoms with Gasteiger partial charge in [0.1, 0.15) is 5.75 Å². The Morgan fingerprint density at radius 1 is 1.09 bits per heavy atom. The van der Waals surface area contributed by atoms with Crippen molar-refractivity contribution < 1.29 is 19.4 Å². The number of carboxylic acids is 1. The Balaban J connectivity index is 1.46. The minimum absolute atomic E-state index is 0.0224. The lowest BCUT2D eigenvalue weighted by atomic mass is 9.89. The number of nitrogens with zero attached hydrogens (tertiary/aromatic N) is 1. The fourth-order valence-corrected chi connectivity index (χ4v) is 5.18. The van der Waals surface area contributed by atoms with Crippen molar-refractivity contribution in [3.63, 3.8) is 0 Å². The van der Waals surface area contributed by atoms with E-state index in [0.717, 1.165) is 23.3 Å². The maximum absolute atomic E-state index is 12.6. The van der Waals surface area contributed by atoms with Crippen LogP contribution in [0.25, 0.3) is 0 Å². The second-order valence-corrected chi connectivity index (χ2v) is 10.3. The molecule has 1 N–H and O–H groups in total. The maximum atomic E-state index is 12.6. The molecule has 0 aromatic heterocycles. The maximum Gasteiger partial charge on any atom is 0.312 e. The predicted molar refractivity (Wildman–Crippen MR) is 138 cm³/mol. The first-order valence-corrected chi connectivity index (χ1v) is 12.6. The molecule has 0 heterocycles. The van der Waals surface area contributed by atoms with Crippen molar-refractivity contribution >= 4 is 35.2 Å². The zero-order chi connectivity index (χ0) is 24.6. The summed E-state index contributed by atoms with van der Waals surface area (Å²) in [6.07, 6.45) is 8.24. The van der Waals surface area contributed by atoms with Crippen molar-refractivity contribution in [3.05, 3.63) is 89.0 Å². The number of thioether (sulfide) groups is 1. The number of hydrogen-bond donors (Lipinski definition) is 1. The zero-order valence-corrected chi connectivity index (χ0v) is 21.0. The molecule has 0 saturated carbocycles. The van der Waals surface area contributed by atoms with E-state index in [9.17, 15) is 14.7 Å². The standard InChI is InChI=1S/C27H30ClNO4S/c1-3-29(18-21-7-11-22(28)12-8-21)25(30)19-33-23-13-9-20(10-14-23)15-17-34-27(2)16-5-4-6-24(27)26(31)32/h4-14,16,24H,3,15,17-19H2,1-2H3,(H,31,32). The van der Waals surface area contributed by atoms with Crippen molar-refractivity contribution in [2.45, 2.75) is 31.6 Å². The van der Waals surface area contributed by atoms with Gasteiger partial charge >= 0.3 is 5.97 Å². The molecule has 5 nitrogen and oxygen atoms in total. The van der Waals surface area contributed by atoms with Gasteiger partial charge in [-0.05, 0) is 61.4 Å². The van der Waals surface area contributed by atoms with Gasteiger partial charge in [-0.25, -0.2) is 0 Å². The summed E-state index contributed by atoms with van der Waals surface area (Å²) in [6, 6.07) is 15.2. The molecular weight excluding hydrogens is 470 g/mol. The molecule has 7 heteroatoms. The molecule has 1 aliphatic rings. The summed E-state index contributed by atoms with van der Waals surface area (Å²) >= 11 is 7.58. The fourth-order valence-electron chi connectivity index (χ4n) is 3.75. The quantitative estimate of drug-likeness (QED) is 0.434. The number of ether oxygens (including phenoxy) is 1. The lowest BCUT2D eigenvalue weighted by Gasteiger charge is -2.32. The van der Waals surface area contributed by atoms with Gasteiger partial charge < -0.3 is 14.7 Å². The molecule has 3 rings (SSSR count). The van der Waals surface area contributed by atoms with Gasteiger partial charge in [-0.1, -0.05) is 60.2 Å². The van der Waals surface area contributed by atoms with E-state index in [1.165, 1.54) is 0 Å². The summed E-state index contributed by atoms with van der Waals surface area (Å²) in [7, 11) is 0. The summed E-state index contributed by atoms with van der Waals surface area (Å²) in [5.41, 5.74) is 2.15. The van der Waals surface area contributed by atoms with Crippen LogP contribution in [0, 0.1) is 5.92 Å². The van der Waals surface area contributed by atoms with Gasteiger partial charge in [-0.3, -0.25) is 9.59 Å². The molecule has 180 valence electrons. The Morgan fingerprint density at radius 3 is 2.41 bits per heavy atom. The fraction of sp³-hybridized carbons (Fsp3) is 0.333. The van der Waals surface area contributed by atoms with Crippen LogP contribution in [0.4, 0.5) is 0 Å². The van der Waals surface area contributed by atoms with Crippen LogP contribution in [-0.2, 0) is 22.6 Å². The Hall–Kier alpha value is -2.70. The molecular formula is C27H30ClNO4S. The van der Waals surface area contributed by atoms with E-state index >= 15 is 0 Å². The molecule has 1 amide bonds. The number of amides is 1. The van der Waals surface area contributed by atoms with Gasteiger partial charge in [-0.15, -0.1) is 11.8 Å². The third kappa shape index (κ3) is 7.15. The minimum atomic E-state index is -0.804. The molecule has 2 unspecified atom stereocenters. The van der Waals surface area contributed by atoms with E-state index < -0.39 is 16.6 Å². The topological polar surface area (TPSA) is 66.8 Å². The van der Waals surface area contributed by atoms with Crippen LogP contribution in [0.1, 0.15) is 25.0 Å². The number of benzene rings is 2. The van der Waals surface area contributed by atoms with Crippen molar-refractivity contribution in [3.8, 4) is 5.75 Å². The first-order valence-electron chi connectivity index (χ1n) is 11.3. The van der Waals surface area contributed by atoms with Crippen LogP contribution in [0.2, 0.25) is 5.02 Å². The van der Waals surface area contributed by atoms with Gasteiger partial charge in [0, 0.05) is 22.9 Å². The summed E-state index contributed by atoms with van der Waals surface area (Å²) < 4.78 is 5.26. The van der Waals surface area contributed by atoms with Gasteiger partial charge in [0.2, 0.25) is 0 Å². The number of rotatable bonds is 11. The Morgan fingerprint density at radius 2 is 1.76 bits per heavy atom. The van der Waals surface area contributed by atoms with Crippen LogP contribution in [0.5, 0.6) is 5.75 Å². The molecule has 0 spiro atoms. The van der Waals surface area contributed by atoms with Crippen LogP contribution in [0.3, 0.4) is 0 Å². The van der Waals surface area contributed by atoms with Gasteiger partial charge in [-0.2, -0.15) is 0 Å². The summed E-state index contributed by atoms with van der Waals surface area (Å²) in [4.78, 5) is 25.9. The Kier molecular flexibility index (Phi) is 9.25. The normalized spacial score (nSPS) is 19.1. The summed E-state index contributed by atoms with van der Waals surface area (Å²) in [6.45, 7) is 4.99. The van der Waals surface area contributed by atoms with Crippen molar-refractivity contribution in [1.82, 2.24) is 4.90 Å². The van der Waals surface area contributed by atoms with Crippen molar-refractivity contribution in [1.29, 1.82) is 0 Å². The number of aliphatic carboxylic acids is 1. The molecule has 34 heavy (non-hydrogen) atoms. The third-order valence-electron chi connectivity index (χ3n) is 5.84. The molecule has 0 bridgehead atoms. The second kappa shape index (κ2) is 12.1. The number of halogens is 1. The smallest absolute Gasteiger partial charge is 0.312 e. The van der Waals surface area contributed by atoms with Crippen LogP contribution in [-0.4, -0.2) is 45.5 Å². The second-order valence-electron chi connectivity index (χ2n) is 8.31. The highest BCUT2D eigenvalue weighted by molar-refractivity contribution is 8.00. The van der Waals surface area contributed by atoms with Gasteiger partial charge in [0.25, 0.3) is 5.91 Å². The van der Waals surface area contributed by atoms with Gasteiger partial charge in [0.05, 0.1) is 5.92 Å². The van der Waals surface area contributed by atoms with Crippen molar-refractivity contribution in [2.24, 2.45) is 5.92 Å². The van der Waals surface area contributed by atoms with Crippen molar-refractivity contribution in [2.75, 3.05) is 18.9 Å². The largest absolute Gasteiger partial charge is 0.484 e. The first-order chi connectivity index (χ1) is 16.3. The minimum Gasteiger partial charge on any atom is -0.484 e. The van der Waals surface area contributed by atoms with Gasteiger partial charge in [0.15, 0.2) is 6.61 Å². The lowest BCUT2D eigenvalue weighted by molar-refractivity contribution is -0.140. The third-order valence-corrected chi connectivity index (χ3v) is 7.51. The van der Waals surface area contributed by atoms with E-state index in [2.05, 4.69) is 0 Å². The lowest BCUT2D eigenvalue weighted by Crippen LogP contribution is -2.35. The monoisotopic (exact) mass is 499 g/mol. The summed E-state index contributed by atoms with van der Waals surface area (Å²) in [5, 5.41) is 10.2. The highest BCUT2D eigenvalue weighted by Crippen LogP contribution is 2.38. The van der Waals surface area contributed by atoms with Crippen LogP contribution >= 0.6 is 23.4 Å². The average molecular weight is 500 g/mol. The molecule has 0 saturated heterocycles. The SMILES string of the molecule is CCN(Cc1ccc(Cl)cc1)C(=O)COc1ccc(CCSC2(C)C=CC=CC2C(=O)O)cc1. The van der Waals surface area contributed by atoms with E-state index in [-0.39, 0.29) is 12.5 Å². The van der Waals surface area contributed by atoms with E-state index in [1.54, 1.807) is 28.8 Å². The number of allylic oxidation sites excluding steroid dienone is 2. The zero-order valence-electron chi connectivity index (χ0n) is 19.4. The number of hydrogen-bond acceptors (Lipinski definition) is 4. The molecule has 0 radical (unpaired) electrons. The molecule has 2 aromatic carbocycles. The molecule has 1 aliphatic carbocycles. The molecule has 0 fully saturated rings. The number of carboxylic acid groups (broad SMARTS) is 1. The molecule has 0 aliphatic heterocycles. The highest BCUT2D eigenvalue weighted by atomic mass is 35.5. The summed E-state index contributed by atoms with van der Waals surface area (Å²) in [5.74, 6) is 0.0340. The van der Waals surface area contributed by atoms with E-state index in [4.69, 9.17) is 16.3 Å². The van der Waals surface area contributed by atoms with Crippen LogP contribution < -0.4 is 4.74 Å². The molecule has 2 atom stereocenters. The average Bonchev–Trinajstić information content (AvgIpc) is 2.83. The molecule has 2 aromatic rings.